The van der Waals surface area contributed by atoms with Gasteiger partial charge < -0.3 is 15.6 Å². The molecule has 3 rings (SSSR count). The third-order valence-electron chi connectivity index (χ3n) is 7.08. The zero-order valence-corrected chi connectivity index (χ0v) is 21.4. The molecule has 3 aromatic rings. The molecule has 0 spiro atoms. The molecule has 3 N–H and O–H groups in total. The zero-order chi connectivity index (χ0) is 24.3. The lowest BCUT2D eigenvalue weighted by Crippen LogP contribution is -2.46. The van der Waals surface area contributed by atoms with Gasteiger partial charge in [0.2, 0.25) is 5.91 Å². The molecule has 0 aliphatic rings. The molecule has 0 fully saturated rings. The Morgan fingerprint density at radius 1 is 0.912 bits per heavy atom. The van der Waals surface area contributed by atoms with E-state index in [0.29, 0.717) is 18.9 Å². The number of H-pyrrole nitrogens is 1. The fourth-order valence-corrected chi connectivity index (χ4v) is 4.54. The van der Waals surface area contributed by atoms with Crippen molar-refractivity contribution in [1.29, 1.82) is 0 Å². The summed E-state index contributed by atoms with van der Waals surface area (Å²) in [5.41, 5.74) is 4.76. The number of hydrogen-bond donors (Lipinski definition) is 3. The lowest BCUT2D eigenvalue weighted by atomic mass is 10.0. The predicted molar refractivity (Wildman–Crippen MR) is 143 cm³/mol. The molecule has 0 aliphatic carbocycles. The van der Waals surface area contributed by atoms with E-state index in [4.69, 9.17) is 0 Å². The molecular weight excluding hydrogens is 420 g/mol. The van der Waals surface area contributed by atoms with E-state index in [1.54, 1.807) is 0 Å². The van der Waals surface area contributed by atoms with Crippen LogP contribution in [0, 0.1) is 5.92 Å². The minimum Gasteiger partial charge on any atom is -0.361 e. The van der Waals surface area contributed by atoms with E-state index in [1.165, 1.54) is 22.1 Å². The first-order valence-electron chi connectivity index (χ1n) is 12.9. The number of nitrogens with zero attached hydrogens (tertiary/aromatic N) is 1. The van der Waals surface area contributed by atoms with Gasteiger partial charge in [0.1, 0.15) is 0 Å². The molecule has 5 nitrogen and oxygen atoms in total. The summed E-state index contributed by atoms with van der Waals surface area (Å²) in [4.78, 5) is 19.2. The molecule has 184 valence electrons. The normalized spacial score (nSPS) is 12.5. The number of benzene rings is 2. The van der Waals surface area contributed by atoms with Crippen LogP contribution in [0.5, 0.6) is 0 Å². The third-order valence-corrected chi connectivity index (χ3v) is 7.08. The Bertz CT molecular complexity index is 1020. The molecule has 0 saturated heterocycles. The molecule has 5 heteroatoms. The van der Waals surface area contributed by atoms with Crippen LogP contribution in [0.2, 0.25) is 0 Å². The topological polar surface area (TPSA) is 60.2 Å². The van der Waals surface area contributed by atoms with E-state index in [0.717, 1.165) is 44.5 Å². The summed E-state index contributed by atoms with van der Waals surface area (Å²) >= 11 is 0. The Labute approximate surface area is 205 Å². The van der Waals surface area contributed by atoms with Gasteiger partial charge in [0, 0.05) is 30.2 Å². The van der Waals surface area contributed by atoms with Crippen molar-refractivity contribution in [3.63, 3.8) is 0 Å². The SMILES string of the molecule is CCC(CC)CNC(Cc1c[nH]c2ccccc12)C(=O)NCc1ccccc1CN(CC)CC. The van der Waals surface area contributed by atoms with Gasteiger partial charge in [0.15, 0.2) is 0 Å². The van der Waals surface area contributed by atoms with E-state index < -0.39 is 0 Å². The number of amides is 1. The van der Waals surface area contributed by atoms with Crippen molar-refractivity contribution >= 4 is 16.8 Å². The van der Waals surface area contributed by atoms with Crippen molar-refractivity contribution in [3.8, 4) is 0 Å². The number of carbonyl (C=O) groups excluding carboxylic acids is 1. The number of carbonyl (C=O) groups is 1. The largest absolute Gasteiger partial charge is 0.361 e. The highest BCUT2D eigenvalue weighted by molar-refractivity contribution is 5.86. The van der Waals surface area contributed by atoms with Crippen LogP contribution in [0.3, 0.4) is 0 Å². The molecule has 0 radical (unpaired) electrons. The Balaban J connectivity index is 1.72. The second-order valence-corrected chi connectivity index (χ2v) is 9.15. The van der Waals surface area contributed by atoms with Gasteiger partial charge in [-0.15, -0.1) is 0 Å². The number of para-hydroxylation sites is 1. The first-order chi connectivity index (χ1) is 16.6. The number of rotatable bonds is 14. The van der Waals surface area contributed by atoms with E-state index in [1.807, 2.05) is 12.3 Å². The molecule has 1 amide bonds. The fraction of sp³-hybridized carbons (Fsp3) is 0.483. The minimum absolute atomic E-state index is 0.0638. The maximum Gasteiger partial charge on any atom is 0.237 e. The van der Waals surface area contributed by atoms with Crippen LogP contribution < -0.4 is 10.6 Å². The summed E-state index contributed by atoms with van der Waals surface area (Å²) < 4.78 is 0. The van der Waals surface area contributed by atoms with Gasteiger partial charge in [0.25, 0.3) is 0 Å². The monoisotopic (exact) mass is 462 g/mol. The highest BCUT2D eigenvalue weighted by atomic mass is 16.2. The van der Waals surface area contributed by atoms with Crippen LogP contribution in [-0.4, -0.2) is 41.5 Å². The lowest BCUT2D eigenvalue weighted by Gasteiger charge is -2.23. The fourth-order valence-electron chi connectivity index (χ4n) is 4.54. The lowest BCUT2D eigenvalue weighted by molar-refractivity contribution is -0.123. The van der Waals surface area contributed by atoms with Crippen molar-refractivity contribution in [1.82, 2.24) is 20.5 Å². The van der Waals surface area contributed by atoms with Crippen LogP contribution in [0.1, 0.15) is 57.2 Å². The first kappa shape index (κ1) is 26.0. The molecule has 2 aromatic carbocycles. The molecule has 0 saturated carbocycles. The molecular formula is C29H42N4O. The second kappa shape index (κ2) is 13.3. The molecule has 1 heterocycles. The summed E-state index contributed by atoms with van der Waals surface area (Å²) in [5, 5.41) is 8.02. The number of aromatic nitrogens is 1. The van der Waals surface area contributed by atoms with E-state index in [9.17, 15) is 4.79 Å². The van der Waals surface area contributed by atoms with Gasteiger partial charge in [-0.2, -0.15) is 0 Å². The van der Waals surface area contributed by atoms with Crippen molar-refractivity contribution in [2.24, 2.45) is 5.92 Å². The Kier molecular flexibility index (Phi) is 10.2. The molecule has 0 bridgehead atoms. The summed E-state index contributed by atoms with van der Waals surface area (Å²) in [6.07, 6.45) is 4.94. The van der Waals surface area contributed by atoms with E-state index in [-0.39, 0.29) is 11.9 Å². The number of nitrogens with one attached hydrogen (secondary N) is 3. The second-order valence-electron chi connectivity index (χ2n) is 9.15. The van der Waals surface area contributed by atoms with Crippen molar-refractivity contribution in [2.75, 3.05) is 19.6 Å². The van der Waals surface area contributed by atoms with E-state index in [2.05, 4.69) is 90.7 Å². The average molecular weight is 463 g/mol. The third kappa shape index (κ3) is 6.94. The van der Waals surface area contributed by atoms with Gasteiger partial charge >= 0.3 is 0 Å². The molecule has 0 aliphatic heterocycles. The number of hydrogen-bond acceptors (Lipinski definition) is 3. The van der Waals surface area contributed by atoms with Crippen LogP contribution in [-0.2, 0) is 24.3 Å². The van der Waals surface area contributed by atoms with Crippen LogP contribution >= 0.6 is 0 Å². The Morgan fingerprint density at radius 2 is 1.59 bits per heavy atom. The minimum atomic E-state index is -0.269. The number of aromatic amines is 1. The standard InChI is InChI=1S/C29H42N4O/c1-5-22(6-2)18-30-28(17-25-20-31-27-16-12-11-15-26(25)27)29(34)32-19-23-13-9-10-14-24(23)21-33(7-3)8-4/h9-16,20,22,28,30-31H,5-8,17-19,21H2,1-4H3,(H,32,34). The molecule has 1 unspecified atom stereocenters. The maximum atomic E-state index is 13.4. The van der Waals surface area contributed by atoms with Crippen LogP contribution in [0.4, 0.5) is 0 Å². The average Bonchev–Trinajstić information content (AvgIpc) is 3.29. The van der Waals surface area contributed by atoms with Gasteiger partial charge in [-0.1, -0.05) is 83.0 Å². The Morgan fingerprint density at radius 3 is 2.29 bits per heavy atom. The molecule has 1 aromatic heterocycles. The van der Waals surface area contributed by atoms with Gasteiger partial charge in [0.05, 0.1) is 6.04 Å². The summed E-state index contributed by atoms with van der Waals surface area (Å²) in [7, 11) is 0. The first-order valence-corrected chi connectivity index (χ1v) is 12.9. The summed E-state index contributed by atoms with van der Waals surface area (Å²) in [6, 6.07) is 16.5. The summed E-state index contributed by atoms with van der Waals surface area (Å²) in [6.45, 7) is 13.2. The van der Waals surface area contributed by atoms with Crippen molar-refractivity contribution < 1.29 is 4.79 Å². The smallest absolute Gasteiger partial charge is 0.237 e. The summed E-state index contributed by atoms with van der Waals surface area (Å²) in [5.74, 6) is 0.641. The van der Waals surface area contributed by atoms with Crippen molar-refractivity contribution in [3.05, 3.63) is 71.4 Å². The van der Waals surface area contributed by atoms with Crippen LogP contribution in [0.15, 0.2) is 54.7 Å². The Hall–Kier alpha value is -2.63. The highest BCUT2D eigenvalue weighted by Crippen LogP contribution is 2.20. The molecule has 34 heavy (non-hydrogen) atoms. The molecule has 1 atom stereocenters. The van der Waals surface area contributed by atoms with E-state index >= 15 is 0 Å². The van der Waals surface area contributed by atoms with Crippen molar-refractivity contribution in [2.45, 2.75) is 66.1 Å². The maximum absolute atomic E-state index is 13.4. The highest BCUT2D eigenvalue weighted by Gasteiger charge is 2.21. The number of fused-ring (bicyclic) bond motifs is 1. The van der Waals surface area contributed by atoms with Gasteiger partial charge in [-0.3, -0.25) is 9.69 Å². The zero-order valence-electron chi connectivity index (χ0n) is 21.4. The van der Waals surface area contributed by atoms with Crippen LogP contribution in [0.25, 0.3) is 10.9 Å². The quantitative estimate of drug-likeness (QED) is 0.306. The van der Waals surface area contributed by atoms with Gasteiger partial charge in [-0.05, 0) is 54.7 Å². The predicted octanol–water partition coefficient (Wildman–Crippen LogP) is 5.26. The van der Waals surface area contributed by atoms with Gasteiger partial charge in [-0.25, -0.2) is 0 Å².